The summed E-state index contributed by atoms with van der Waals surface area (Å²) < 4.78 is 37.4. The lowest BCUT2D eigenvalue weighted by molar-refractivity contribution is -0.137. The van der Waals surface area contributed by atoms with Gasteiger partial charge in [0, 0.05) is 32.4 Å². The molecule has 1 aliphatic heterocycles. The number of piperazine rings is 1. The molecule has 0 bridgehead atoms. The summed E-state index contributed by atoms with van der Waals surface area (Å²) in [6, 6.07) is 0.933. The smallest absolute Gasteiger partial charge is 0.353 e. The molecule has 1 saturated heterocycles. The fourth-order valence-electron chi connectivity index (χ4n) is 1.84. The van der Waals surface area contributed by atoms with Crippen LogP contribution in [0, 0.1) is 0 Å². The number of hydrogen-bond donors (Lipinski definition) is 0. The van der Waals surface area contributed by atoms with Crippen molar-refractivity contribution in [3.8, 4) is 0 Å². The Morgan fingerprint density at radius 1 is 1.22 bits per heavy atom. The maximum absolute atomic E-state index is 12.5. The van der Waals surface area contributed by atoms with Crippen LogP contribution in [0.3, 0.4) is 0 Å². The van der Waals surface area contributed by atoms with Crippen molar-refractivity contribution < 1.29 is 13.2 Å². The first-order chi connectivity index (χ1) is 8.38. The summed E-state index contributed by atoms with van der Waals surface area (Å²) in [5.74, 6) is 0.428. The highest BCUT2D eigenvalue weighted by Crippen LogP contribution is 2.33. The first kappa shape index (κ1) is 13.4. The minimum atomic E-state index is -4.41. The molecule has 2 heterocycles. The van der Waals surface area contributed by atoms with E-state index in [4.69, 9.17) is 11.6 Å². The van der Waals surface area contributed by atoms with E-state index in [0.29, 0.717) is 18.9 Å². The van der Waals surface area contributed by atoms with Crippen LogP contribution in [0.2, 0.25) is 5.02 Å². The van der Waals surface area contributed by atoms with E-state index in [2.05, 4.69) is 9.88 Å². The van der Waals surface area contributed by atoms with Crippen LogP contribution in [0.25, 0.3) is 0 Å². The third kappa shape index (κ3) is 2.87. The van der Waals surface area contributed by atoms with Crippen LogP contribution in [-0.2, 0) is 6.18 Å². The van der Waals surface area contributed by atoms with Crippen LogP contribution in [0.15, 0.2) is 12.3 Å². The third-order valence-electron chi connectivity index (χ3n) is 2.95. The number of anilines is 1. The van der Waals surface area contributed by atoms with Crippen LogP contribution >= 0.6 is 11.6 Å². The van der Waals surface area contributed by atoms with Crippen LogP contribution < -0.4 is 4.90 Å². The van der Waals surface area contributed by atoms with Gasteiger partial charge in [-0.1, -0.05) is 11.6 Å². The zero-order valence-corrected chi connectivity index (χ0v) is 10.6. The summed E-state index contributed by atoms with van der Waals surface area (Å²) in [5, 5.41) is 0.0504. The molecule has 100 valence electrons. The summed E-state index contributed by atoms with van der Waals surface area (Å²) in [6.45, 7) is 3.13. The Labute approximate surface area is 108 Å². The van der Waals surface area contributed by atoms with Crippen molar-refractivity contribution in [2.45, 2.75) is 6.18 Å². The zero-order chi connectivity index (χ0) is 13.3. The van der Waals surface area contributed by atoms with Crippen LogP contribution in [0.4, 0.5) is 19.0 Å². The Morgan fingerprint density at radius 2 is 1.83 bits per heavy atom. The second-order valence-electron chi connectivity index (χ2n) is 4.32. The quantitative estimate of drug-likeness (QED) is 0.787. The molecule has 1 aromatic heterocycles. The molecule has 7 heteroatoms. The second-order valence-corrected chi connectivity index (χ2v) is 4.72. The van der Waals surface area contributed by atoms with Gasteiger partial charge in [0.2, 0.25) is 0 Å². The highest BCUT2D eigenvalue weighted by molar-refractivity contribution is 6.33. The van der Waals surface area contributed by atoms with Gasteiger partial charge in [0.15, 0.2) is 0 Å². The van der Waals surface area contributed by atoms with Crippen molar-refractivity contribution in [2.24, 2.45) is 0 Å². The van der Waals surface area contributed by atoms with Gasteiger partial charge in [-0.2, -0.15) is 13.2 Å². The minimum Gasteiger partial charge on any atom is -0.353 e. The van der Waals surface area contributed by atoms with Gasteiger partial charge in [-0.3, -0.25) is 0 Å². The second kappa shape index (κ2) is 4.93. The van der Waals surface area contributed by atoms with Crippen molar-refractivity contribution in [2.75, 3.05) is 38.1 Å². The van der Waals surface area contributed by atoms with E-state index in [1.807, 2.05) is 11.9 Å². The van der Waals surface area contributed by atoms with Crippen molar-refractivity contribution in [3.63, 3.8) is 0 Å². The van der Waals surface area contributed by atoms with E-state index < -0.39 is 11.7 Å². The predicted molar refractivity (Wildman–Crippen MR) is 64.0 cm³/mol. The molecule has 0 unspecified atom stereocenters. The van der Waals surface area contributed by atoms with E-state index in [-0.39, 0.29) is 5.02 Å². The van der Waals surface area contributed by atoms with Gasteiger partial charge in [-0.25, -0.2) is 4.98 Å². The van der Waals surface area contributed by atoms with Gasteiger partial charge in [0.05, 0.1) is 10.6 Å². The SMILES string of the molecule is CN1CCN(c2ncc(C(F)(F)F)cc2Cl)CC1. The number of nitrogens with zero attached hydrogens (tertiary/aromatic N) is 3. The molecule has 1 fully saturated rings. The number of rotatable bonds is 1. The maximum Gasteiger partial charge on any atom is 0.417 e. The lowest BCUT2D eigenvalue weighted by Gasteiger charge is -2.33. The van der Waals surface area contributed by atoms with Gasteiger partial charge < -0.3 is 9.80 Å². The topological polar surface area (TPSA) is 19.4 Å². The summed E-state index contributed by atoms with van der Waals surface area (Å²) in [7, 11) is 2.00. The molecule has 2 rings (SSSR count). The van der Waals surface area contributed by atoms with E-state index in [0.717, 1.165) is 25.4 Å². The first-order valence-electron chi connectivity index (χ1n) is 5.54. The Hall–Kier alpha value is -1.01. The molecule has 18 heavy (non-hydrogen) atoms. The normalized spacial score (nSPS) is 18.2. The molecule has 1 aromatic rings. The monoisotopic (exact) mass is 279 g/mol. The number of alkyl halides is 3. The number of likely N-dealkylation sites (N-methyl/N-ethyl adjacent to an activating group) is 1. The summed E-state index contributed by atoms with van der Waals surface area (Å²) in [6.07, 6.45) is -3.57. The average molecular weight is 280 g/mol. The minimum absolute atomic E-state index is 0.0504. The molecule has 0 aliphatic carbocycles. The molecule has 3 nitrogen and oxygen atoms in total. The first-order valence-corrected chi connectivity index (χ1v) is 5.92. The van der Waals surface area contributed by atoms with Crippen molar-refractivity contribution in [3.05, 3.63) is 22.8 Å². The van der Waals surface area contributed by atoms with E-state index in [1.54, 1.807) is 0 Å². The molecule has 0 radical (unpaired) electrons. The van der Waals surface area contributed by atoms with Crippen LogP contribution in [0.5, 0.6) is 0 Å². The molecular weight excluding hydrogens is 267 g/mol. The number of halogens is 4. The molecule has 0 saturated carbocycles. The van der Waals surface area contributed by atoms with Gasteiger partial charge >= 0.3 is 6.18 Å². The number of pyridine rings is 1. The molecule has 0 N–H and O–H groups in total. The van der Waals surface area contributed by atoms with E-state index in [1.165, 1.54) is 0 Å². The molecule has 0 spiro atoms. The summed E-state index contributed by atoms with van der Waals surface area (Å²) in [5.41, 5.74) is -0.814. The lowest BCUT2D eigenvalue weighted by Crippen LogP contribution is -2.45. The lowest BCUT2D eigenvalue weighted by atomic mass is 10.2. The predicted octanol–water partition coefficient (Wildman–Crippen LogP) is 2.51. The Balaban J connectivity index is 2.20. The van der Waals surface area contributed by atoms with Gasteiger partial charge in [0.1, 0.15) is 5.82 Å². The Kier molecular flexibility index (Phi) is 3.68. The molecule has 0 amide bonds. The number of hydrogen-bond acceptors (Lipinski definition) is 3. The van der Waals surface area contributed by atoms with E-state index in [9.17, 15) is 13.2 Å². The standard InChI is InChI=1S/C11H13ClF3N3/c1-17-2-4-18(5-3-17)10-9(12)6-8(7-16-10)11(13,14)15/h6-7H,2-5H2,1H3. The van der Waals surface area contributed by atoms with Gasteiger partial charge in [-0.05, 0) is 13.1 Å². The fourth-order valence-corrected chi connectivity index (χ4v) is 2.12. The van der Waals surface area contributed by atoms with Gasteiger partial charge in [-0.15, -0.1) is 0 Å². The molecule has 1 aliphatic rings. The summed E-state index contributed by atoms with van der Waals surface area (Å²) in [4.78, 5) is 7.90. The van der Waals surface area contributed by atoms with Crippen LogP contribution in [0.1, 0.15) is 5.56 Å². The fraction of sp³-hybridized carbons (Fsp3) is 0.545. The Morgan fingerprint density at radius 3 is 2.33 bits per heavy atom. The molecular formula is C11H13ClF3N3. The number of aromatic nitrogens is 1. The molecule has 0 aromatic carbocycles. The van der Waals surface area contributed by atoms with Crippen molar-refractivity contribution >= 4 is 17.4 Å². The van der Waals surface area contributed by atoms with E-state index >= 15 is 0 Å². The highest BCUT2D eigenvalue weighted by atomic mass is 35.5. The largest absolute Gasteiger partial charge is 0.417 e. The van der Waals surface area contributed by atoms with Crippen molar-refractivity contribution in [1.82, 2.24) is 9.88 Å². The zero-order valence-electron chi connectivity index (χ0n) is 9.84. The third-order valence-corrected chi connectivity index (χ3v) is 3.23. The molecule has 0 atom stereocenters. The average Bonchev–Trinajstić information content (AvgIpc) is 2.29. The highest BCUT2D eigenvalue weighted by Gasteiger charge is 2.32. The van der Waals surface area contributed by atoms with Crippen molar-refractivity contribution in [1.29, 1.82) is 0 Å². The Bertz CT molecular complexity index is 428. The summed E-state index contributed by atoms with van der Waals surface area (Å²) >= 11 is 5.89. The van der Waals surface area contributed by atoms with Gasteiger partial charge in [0.25, 0.3) is 0 Å². The van der Waals surface area contributed by atoms with Crippen LogP contribution in [-0.4, -0.2) is 43.1 Å². The maximum atomic E-state index is 12.5.